The molecule has 0 radical (unpaired) electrons. The molecule has 0 fully saturated rings. The fraction of sp³-hybridized carbons (Fsp3) is 0.306. The van der Waals surface area contributed by atoms with Gasteiger partial charge in [-0.15, -0.1) is 0 Å². The van der Waals surface area contributed by atoms with Crippen molar-refractivity contribution >= 4 is 34.5 Å². The van der Waals surface area contributed by atoms with Crippen molar-refractivity contribution in [2.24, 2.45) is 0 Å². The molecule has 2 unspecified atom stereocenters. The maximum Gasteiger partial charge on any atom is 0.302 e. The SMILES string of the molecule is CC(=O)OC(CCc1ccccc1)C(CCO[Si](c1ccccc1)(c1ccccc1)C(C)(C)C)S(=O)(=O)c1ccccc1. The molecule has 0 aliphatic carbocycles. The Labute approximate surface area is 258 Å². The van der Waals surface area contributed by atoms with E-state index in [1.807, 2.05) is 66.7 Å². The van der Waals surface area contributed by atoms with Crippen LogP contribution in [0, 0.1) is 0 Å². The molecule has 43 heavy (non-hydrogen) atoms. The molecule has 0 bridgehead atoms. The molecule has 0 heterocycles. The molecule has 4 aromatic rings. The zero-order chi connectivity index (χ0) is 30.9. The van der Waals surface area contributed by atoms with Gasteiger partial charge in [0, 0.05) is 13.5 Å². The molecule has 0 saturated carbocycles. The number of benzene rings is 4. The van der Waals surface area contributed by atoms with E-state index in [-0.39, 0.29) is 23.0 Å². The molecule has 0 spiro atoms. The summed E-state index contributed by atoms with van der Waals surface area (Å²) in [5, 5.41) is 1.00. The van der Waals surface area contributed by atoms with Crippen molar-refractivity contribution in [3.05, 3.63) is 127 Å². The maximum absolute atomic E-state index is 14.2. The average molecular weight is 615 g/mol. The van der Waals surface area contributed by atoms with E-state index in [4.69, 9.17) is 9.16 Å². The van der Waals surface area contributed by atoms with Gasteiger partial charge in [0.25, 0.3) is 8.32 Å². The van der Waals surface area contributed by atoms with Gasteiger partial charge in [-0.05, 0) is 52.4 Å². The summed E-state index contributed by atoms with van der Waals surface area (Å²) in [7, 11) is -6.77. The number of aryl methyl sites for hydroxylation is 1. The lowest BCUT2D eigenvalue weighted by atomic mass is 10.0. The lowest BCUT2D eigenvalue weighted by molar-refractivity contribution is -0.146. The van der Waals surface area contributed by atoms with E-state index in [0.717, 1.165) is 15.9 Å². The Morgan fingerprint density at radius 2 is 1.19 bits per heavy atom. The van der Waals surface area contributed by atoms with E-state index >= 15 is 0 Å². The second-order valence-corrected chi connectivity index (χ2v) is 18.3. The van der Waals surface area contributed by atoms with E-state index in [2.05, 4.69) is 45.0 Å². The molecule has 0 amide bonds. The van der Waals surface area contributed by atoms with Gasteiger partial charge in [-0.25, -0.2) is 8.42 Å². The van der Waals surface area contributed by atoms with Gasteiger partial charge in [-0.1, -0.05) is 130 Å². The van der Waals surface area contributed by atoms with Gasteiger partial charge in [0.05, 0.1) is 4.90 Å². The number of hydrogen-bond donors (Lipinski definition) is 0. The minimum absolute atomic E-state index is 0.175. The van der Waals surface area contributed by atoms with Gasteiger partial charge in [-0.3, -0.25) is 4.79 Å². The summed E-state index contributed by atoms with van der Waals surface area (Å²) in [5.41, 5.74) is 1.05. The first-order valence-electron chi connectivity index (χ1n) is 14.8. The molecule has 0 aliphatic heterocycles. The topological polar surface area (TPSA) is 69.7 Å². The predicted molar refractivity (Wildman–Crippen MR) is 176 cm³/mol. The van der Waals surface area contributed by atoms with Crippen molar-refractivity contribution in [3.63, 3.8) is 0 Å². The molecular weight excluding hydrogens is 573 g/mol. The van der Waals surface area contributed by atoms with E-state index in [9.17, 15) is 13.2 Å². The highest BCUT2D eigenvalue weighted by Gasteiger charge is 2.50. The minimum Gasteiger partial charge on any atom is -0.461 e. The molecule has 7 heteroatoms. The van der Waals surface area contributed by atoms with Crippen molar-refractivity contribution in [1.82, 2.24) is 0 Å². The highest BCUT2D eigenvalue weighted by molar-refractivity contribution is 7.92. The van der Waals surface area contributed by atoms with Crippen LogP contribution in [0.1, 0.15) is 46.1 Å². The van der Waals surface area contributed by atoms with Crippen LogP contribution in [0.2, 0.25) is 5.04 Å². The first-order chi connectivity index (χ1) is 20.6. The Morgan fingerprint density at radius 3 is 1.65 bits per heavy atom. The molecular formula is C36H42O5SSi. The molecule has 226 valence electrons. The Kier molecular flexibility index (Phi) is 10.8. The molecule has 4 rings (SSSR count). The van der Waals surface area contributed by atoms with Crippen LogP contribution in [-0.2, 0) is 30.2 Å². The number of ether oxygens (including phenoxy) is 1. The van der Waals surface area contributed by atoms with Crippen molar-refractivity contribution < 1.29 is 22.4 Å². The maximum atomic E-state index is 14.2. The summed E-state index contributed by atoms with van der Waals surface area (Å²) >= 11 is 0. The van der Waals surface area contributed by atoms with E-state index < -0.39 is 35.5 Å². The summed E-state index contributed by atoms with van der Waals surface area (Å²) in [5.74, 6) is -0.501. The van der Waals surface area contributed by atoms with Crippen molar-refractivity contribution in [1.29, 1.82) is 0 Å². The third-order valence-electron chi connectivity index (χ3n) is 7.90. The fourth-order valence-electron chi connectivity index (χ4n) is 5.90. The van der Waals surface area contributed by atoms with Gasteiger partial charge in [0.15, 0.2) is 9.84 Å². The molecule has 0 aliphatic rings. The third kappa shape index (κ3) is 7.71. The lowest BCUT2D eigenvalue weighted by Gasteiger charge is -2.43. The van der Waals surface area contributed by atoms with Gasteiger partial charge in [0.2, 0.25) is 0 Å². The number of sulfone groups is 1. The van der Waals surface area contributed by atoms with Crippen molar-refractivity contribution in [3.8, 4) is 0 Å². The molecule has 0 saturated heterocycles. The Balaban J connectivity index is 1.73. The summed E-state index contributed by atoms with van der Waals surface area (Å²) in [6.45, 7) is 8.10. The monoisotopic (exact) mass is 614 g/mol. The van der Waals surface area contributed by atoms with Crippen molar-refractivity contribution in [2.45, 2.75) is 68.2 Å². The molecule has 5 nitrogen and oxygen atoms in total. The standard InChI is InChI=1S/C36H42O5SSi/c1-29(37)41-34(26-25-30-17-9-5-10-18-30)35(42(38,39)31-19-11-6-12-20-31)27-28-40-43(36(2,3)4,32-21-13-7-14-22-32)33-23-15-8-16-24-33/h5-24,34-35H,25-28H2,1-4H3. The second-order valence-electron chi connectivity index (χ2n) is 11.9. The second kappa shape index (κ2) is 14.3. The molecule has 4 aromatic carbocycles. The predicted octanol–water partition coefficient (Wildman–Crippen LogP) is 6.36. The summed E-state index contributed by atoms with van der Waals surface area (Å²) in [6.07, 6.45) is 0.286. The average Bonchev–Trinajstić information content (AvgIpc) is 3.00. The number of hydrogen-bond acceptors (Lipinski definition) is 5. The van der Waals surface area contributed by atoms with Crippen LogP contribution in [-0.4, -0.2) is 40.7 Å². The number of esters is 1. The van der Waals surface area contributed by atoms with Gasteiger partial charge >= 0.3 is 5.97 Å². The van der Waals surface area contributed by atoms with Gasteiger partial charge in [0.1, 0.15) is 11.4 Å². The van der Waals surface area contributed by atoms with Crippen LogP contribution in [0.15, 0.2) is 126 Å². The first kappa shape index (κ1) is 32.4. The normalized spacial score (nSPS) is 13.7. The first-order valence-corrected chi connectivity index (χ1v) is 18.3. The van der Waals surface area contributed by atoms with Gasteiger partial charge < -0.3 is 9.16 Å². The van der Waals surface area contributed by atoms with E-state index in [1.165, 1.54) is 6.92 Å². The van der Waals surface area contributed by atoms with Crippen LogP contribution in [0.5, 0.6) is 0 Å². The highest BCUT2D eigenvalue weighted by atomic mass is 32.2. The number of carbonyl (C=O) groups is 1. The highest BCUT2D eigenvalue weighted by Crippen LogP contribution is 2.37. The van der Waals surface area contributed by atoms with Crippen LogP contribution in [0.4, 0.5) is 0 Å². The fourth-order valence-corrected chi connectivity index (χ4v) is 12.4. The summed E-state index contributed by atoms with van der Waals surface area (Å²) in [6, 6.07) is 38.8. The zero-order valence-electron chi connectivity index (χ0n) is 25.5. The Bertz CT molecular complexity index is 1500. The Hall–Kier alpha value is -3.52. The third-order valence-corrected chi connectivity index (χ3v) is 15.2. The lowest BCUT2D eigenvalue weighted by Crippen LogP contribution is -2.66. The Morgan fingerprint density at radius 1 is 0.721 bits per heavy atom. The summed E-state index contributed by atoms with van der Waals surface area (Å²) in [4.78, 5) is 12.5. The van der Waals surface area contributed by atoms with Crippen LogP contribution in [0.3, 0.4) is 0 Å². The minimum atomic E-state index is -3.87. The van der Waals surface area contributed by atoms with E-state index in [0.29, 0.717) is 12.8 Å². The zero-order valence-corrected chi connectivity index (χ0v) is 27.3. The van der Waals surface area contributed by atoms with Crippen LogP contribution >= 0.6 is 0 Å². The van der Waals surface area contributed by atoms with Gasteiger partial charge in [-0.2, -0.15) is 0 Å². The quantitative estimate of drug-likeness (QED) is 0.130. The van der Waals surface area contributed by atoms with Crippen molar-refractivity contribution in [2.75, 3.05) is 6.61 Å². The molecule has 0 N–H and O–H groups in total. The molecule has 2 atom stereocenters. The summed E-state index contributed by atoms with van der Waals surface area (Å²) < 4.78 is 41.3. The largest absolute Gasteiger partial charge is 0.461 e. The van der Waals surface area contributed by atoms with E-state index in [1.54, 1.807) is 30.3 Å². The molecule has 0 aromatic heterocycles. The van der Waals surface area contributed by atoms with Crippen LogP contribution < -0.4 is 10.4 Å². The van der Waals surface area contributed by atoms with Crippen LogP contribution in [0.25, 0.3) is 0 Å². The number of rotatable bonds is 13. The number of carbonyl (C=O) groups excluding carboxylic acids is 1. The smallest absolute Gasteiger partial charge is 0.302 e.